The minimum atomic E-state index is 0.668. The number of methoxy groups -OCH3 is 1. The van der Waals surface area contributed by atoms with Crippen LogP contribution in [0.5, 0.6) is 0 Å². The minimum Gasteiger partial charge on any atom is -0.383 e. The fourth-order valence-electron chi connectivity index (χ4n) is 1.67. The minimum absolute atomic E-state index is 0.668. The summed E-state index contributed by atoms with van der Waals surface area (Å²) in [6.07, 6.45) is 1.92. The summed E-state index contributed by atoms with van der Waals surface area (Å²) in [5.74, 6) is 0. The van der Waals surface area contributed by atoms with E-state index in [2.05, 4.69) is 41.4 Å². The topological polar surface area (TPSA) is 21.6 Å². The highest BCUT2D eigenvalue weighted by Gasteiger charge is 1.96. The van der Waals surface area contributed by atoms with Crippen molar-refractivity contribution in [1.82, 2.24) is 0 Å². The third-order valence-corrected chi connectivity index (χ3v) is 2.48. The zero-order valence-electron chi connectivity index (χ0n) is 9.39. The van der Waals surface area contributed by atoms with Crippen LogP contribution in [0.3, 0.4) is 0 Å². The maximum absolute atomic E-state index is 4.95. The van der Waals surface area contributed by atoms with Gasteiger partial charge >= 0.3 is 0 Å². The van der Waals surface area contributed by atoms with Gasteiger partial charge in [-0.3, -0.25) is 4.99 Å². The van der Waals surface area contributed by atoms with Crippen molar-refractivity contribution in [2.24, 2.45) is 4.99 Å². The Kier molecular flexibility index (Phi) is 3.67. The van der Waals surface area contributed by atoms with Crippen LogP contribution in [0.15, 0.2) is 47.5 Å². The molecule has 2 aromatic carbocycles. The van der Waals surface area contributed by atoms with Crippen LogP contribution in [0.25, 0.3) is 10.8 Å². The molecule has 2 nitrogen and oxygen atoms in total. The average Bonchev–Trinajstić information content (AvgIpc) is 2.35. The van der Waals surface area contributed by atoms with Crippen molar-refractivity contribution in [3.8, 4) is 0 Å². The number of benzene rings is 2. The van der Waals surface area contributed by atoms with Crippen molar-refractivity contribution in [3.05, 3.63) is 48.0 Å². The molecule has 0 saturated heterocycles. The molecule has 2 heteroatoms. The third-order valence-electron chi connectivity index (χ3n) is 2.48. The fraction of sp³-hybridized carbons (Fsp3) is 0.214. The molecule has 0 unspecified atom stereocenters. The lowest BCUT2D eigenvalue weighted by molar-refractivity contribution is 0.208. The molecule has 0 spiro atoms. The summed E-state index contributed by atoms with van der Waals surface area (Å²) in [6, 6.07) is 14.6. The lowest BCUT2D eigenvalue weighted by atomic mass is 10.1. The van der Waals surface area contributed by atoms with Crippen LogP contribution >= 0.6 is 0 Å². The van der Waals surface area contributed by atoms with Crippen LogP contribution in [0.2, 0.25) is 0 Å². The number of hydrogen-bond donors (Lipinski definition) is 0. The molecule has 0 heterocycles. The smallest absolute Gasteiger partial charge is 0.0658 e. The largest absolute Gasteiger partial charge is 0.383 e. The molecule has 0 amide bonds. The number of fused-ring (bicyclic) bond motifs is 1. The van der Waals surface area contributed by atoms with Crippen molar-refractivity contribution in [2.45, 2.75) is 0 Å². The number of rotatable bonds is 4. The molecule has 0 atom stereocenters. The summed E-state index contributed by atoms with van der Waals surface area (Å²) in [5, 5.41) is 2.49. The highest BCUT2D eigenvalue weighted by Crippen LogP contribution is 2.16. The second-order valence-corrected chi connectivity index (χ2v) is 3.60. The van der Waals surface area contributed by atoms with Crippen LogP contribution in [0.1, 0.15) is 5.56 Å². The number of nitrogens with zero attached hydrogens (tertiary/aromatic N) is 1. The Morgan fingerprint density at radius 1 is 1.12 bits per heavy atom. The molecule has 2 aromatic rings. The summed E-state index contributed by atoms with van der Waals surface area (Å²) >= 11 is 0. The molecule has 0 saturated carbocycles. The van der Waals surface area contributed by atoms with Gasteiger partial charge in [0.1, 0.15) is 0 Å². The van der Waals surface area contributed by atoms with Crippen molar-refractivity contribution in [3.63, 3.8) is 0 Å². The molecule has 0 aliphatic rings. The first-order valence-electron chi connectivity index (χ1n) is 5.38. The Morgan fingerprint density at radius 3 is 2.81 bits per heavy atom. The van der Waals surface area contributed by atoms with Gasteiger partial charge in [0.15, 0.2) is 0 Å². The molecule has 0 aliphatic heterocycles. The Bertz CT molecular complexity index is 486. The van der Waals surface area contributed by atoms with Gasteiger partial charge in [0.05, 0.1) is 13.2 Å². The molecule has 82 valence electrons. The molecule has 0 N–H and O–H groups in total. The second-order valence-electron chi connectivity index (χ2n) is 3.60. The van der Waals surface area contributed by atoms with E-state index >= 15 is 0 Å². The van der Waals surface area contributed by atoms with E-state index in [-0.39, 0.29) is 0 Å². The maximum Gasteiger partial charge on any atom is 0.0658 e. The molecule has 0 aromatic heterocycles. The molecular formula is C14H15NO. The number of ether oxygens (including phenoxy) is 1. The van der Waals surface area contributed by atoms with E-state index in [1.807, 2.05) is 12.3 Å². The van der Waals surface area contributed by atoms with E-state index < -0.39 is 0 Å². The average molecular weight is 213 g/mol. The van der Waals surface area contributed by atoms with Crippen LogP contribution in [-0.2, 0) is 4.74 Å². The van der Waals surface area contributed by atoms with Crippen molar-refractivity contribution in [2.75, 3.05) is 20.3 Å². The van der Waals surface area contributed by atoms with Gasteiger partial charge < -0.3 is 4.74 Å². The summed E-state index contributed by atoms with van der Waals surface area (Å²) in [4.78, 5) is 4.33. The predicted molar refractivity (Wildman–Crippen MR) is 68.3 cm³/mol. The molecule has 16 heavy (non-hydrogen) atoms. The summed E-state index contributed by atoms with van der Waals surface area (Å²) < 4.78 is 4.95. The standard InChI is InChI=1S/C14H15NO/c1-16-10-9-15-11-13-7-4-6-12-5-2-3-8-14(12)13/h2-8,11H,9-10H2,1H3. The molecule has 0 bridgehead atoms. The van der Waals surface area contributed by atoms with E-state index in [9.17, 15) is 0 Å². The summed E-state index contributed by atoms with van der Waals surface area (Å²) in [5.41, 5.74) is 1.16. The quantitative estimate of drug-likeness (QED) is 0.565. The molecule has 0 radical (unpaired) electrons. The second kappa shape index (κ2) is 5.42. The zero-order valence-corrected chi connectivity index (χ0v) is 9.39. The molecule has 2 rings (SSSR count). The first kappa shape index (κ1) is 10.8. The van der Waals surface area contributed by atoms with Gasteiger partial charge in [0, 0.05) is 18.9 Å². The fourth-order valence-corrected chi connectivity index (χ4v) is 1.67. The van der Waals surface area contributed by atoms with Crippen LogP contribution in [0.4, 0.5) is 0 Å². The monoisotopic (exact) mass is 213 g/mol. The van der Waals surface area contributed by atoms with Gasteiger partial charge in [-0.2, -0.15) is 0 Å². The van der Waals surface area contributed by atoms with Crippen LogP contribution in [-0.4, -0.2) is 26.5 Å². The van der Waals surface area contributed by atoms with E-state index in [1.165, 1.54) is 10.8 Å². The summed E-state index contributed by atoms with van der Waals surface area (Å²) in [6.45, 7) is 1.38. The number of hydrogen-bond acceptors (Lipinski definition) is 2. The van der Waals surface area contributed by atoms with E-state index in [0.717, 1.165) is 5.56 Å². The highest BCUT2D eigenvalue weighted by atomic mass is 16.5. The first-order chi connectivity index (χ1) is 7.92. The van der Waals surface area contributed by atoms with Crippen LogP contribution in [0, 0.1) is 0 Å². The van der Waals surface area contributed by atoms with Gasteiger partial charge in [0.25, 0.3) is 0 Å². The van der Waals surface area contributed by atoms with Gasteiger partial charge in [0.2, 0.25) is 0 Å². The SMILES string of the molecule is COCCN=Cc1cccc2ccccc12. The van der Waals surface area contributed by atoms with Gasteiger partial charge in [-0.25, -0.2) is 0 Å². The van der Waals surface area contributed by atoms with E-state index in [4.69, 9.17) is 4.74 Å². The highest BCUT2D eigenvalue weighted by molar-refractivity contribution is 5.99. The normalized spacial score (nSPS) is 11.3. The Labute approximate surface area is 95.6 Å². The maximum atomic E-state index is 4.95. The molecule has 0 fully saturated rings. The van der Waals surface area contributed by atoms with Gasteiger partial charge in [-0.15, -0.1) is 0 Å². The zero-order chi connectivity index (χ0) is 11.2. The number of aliphatic imine (C=N–C) groups is 1. The summed E-state index contributed by atoms with van der Waals surface area (Å²) in [7, 11) is 1.69. The van der Waals surface area contributed by atoms with Crippen molar-refractivity contribution >= 4 is 17.0 Å². The van der Waals surface area contributed by atoms with Crippen molar-refractivity contribution in [1.29, 1.82) is 0 Å². The Hall–Kier alpha value is -1.67. The van der Waals surface area contributed by atoms with E-state index in [0.29, 0.717) is 13.2 Å². The third kappa shape index (κ3) is 2.47. The van der Waals surface area contributed by atoms with E-state index in [1.54, 1.807) is 7.11 Å². The lowest BCUT2D eigenvalue weighted by Crippen LogP contribution is -1.93. The molecule has 0 aliphatic carbocycles. The Balaban J connectivity index is 2.27. The Morgan fingerprint density at radius 2 is 1.94 bits per heavy atom. The predicted octanol–water partition coefficient (Wildman–Crippen LogP) is 2.91. The van der Waals surface area contributed by atoms with Crippen molar-refractivity contribution < 1.29 is 4.74 Å². The first-order valence-corrected chi connectivity index (χ1v) is 5.38. The van der Waals surface area contributed by atoms with Gasteiger partial charge in [-0.1, -0.05) is 42.5 Å². The molecular weight excluding hydrogens is 198 g/mol. The van der Waals surface area contributed by atoms with Gasteiger partial charge in [-0.05, 0) is 10.8 Å². The van der Waals surface area contributed by atoms with Crippen LogP contribution < -0.4 is 0 Å². The lowest BCUT2D eigenvalue weighted by Gasteiger charge is -2.01.